The number of ether oxygens (including phenoxy) is 2. The minimum absolute atomic E-state index is 0.00418. The van der Waals surface area contributed by atoms with Gasteiger partial charge in [-0.3, -0.25) is 0 Å². The number of halogens is 1. The summed E-state index contributed by atoms with van der Waals surface area (Å²) < 4.78 is 39.3. The number of nitrogens with one attached hydrogen (secondary N) is 3. The van der Waals surface area contributed by atoms with Gasteiger partial charge in [-0.05, 0) is 55.0 Å². The molecular formula is C29H30ClN9O4S2. The quantitative estimate of drug-likeness (QED) is 0.111. The number of fused-ring (bicyclic) bond motifs is 3. The van der Waals surface area contributed by atoms with Gasteiger partial charge >= 0.3 is 0 Å². The lowest BCUT2D eigenvalue weighted by atomic mass is 10.1. The molecule has 1 fully saturated rings. The van der Waals surface area contributed by atoms with Gasteiger partial charge in [-0.15, -0.1) is 11.6 Å². The monoisotopic (exact) mass is 667 g/mol. The molecule has 0 aliphatic carbocycles. The van der Waals surface area contributed by atoms with Gasteiger partial charge in [0.05, 0.1) is 29.5 Å². The zero-order valence-corrected chi connectivity index (χ0v) is 26.6. The number of anilines is 3. The highest BCUT2D eigenvalue weighted by Crippen LogP contribution is 2.38. The van der Waals surface area contributed by atoms with Crippen LogP contribution >= 0.6 is 23.8 Å². The molecule has 3 N–H and O–H groups in total. The van der Waals surface area contributed by atoms with Crippen LogP contribution in [-0.2, 0) is 10.0 Å². The fraction of sp³-hybridized carbons (Fsp3) is 0.276. The lowest BCUT2D eigenvalue weighted by Crippen LogP contribution is -2.50. The second kappa shape index (κ2) is 13.3. The second-order valence-electron chi connectivity index (χ2n) is 10.1. The van der Waals surface area contributed by atoms with Crippen LogP contribution in [0, 0.1) is 0 Å². The Balaban J connectivity index is 1.13. The molecule has 3 aromatic heterocycles. The van der Waals surface area contributed by atoms with Crippen LogP contribution in [0.2, 0.25) is 0 Å². The molecule has 16 heteroatoms. The van der Waals surface area contributed by atoms with E-state index in [4.69, 9.17) is 33.3 Å². The Morgan fingerprint density at radius 3 is 2.51 bits per heavy atom. The van der Waals surface area contributed by atoms with Gasteiger partial charge in [0, 0.05) is 61.6 Å². The van der Waals surface area contributed by atoms with Crippen molar-refractivity contribution in [2.75, 3.05) is 60.7 Å². The maximum atomic E-state index is 12.7. The Bertz CT molecular complexity index is 1920. The highest BCUT2D eigenvalue weighted by atomic mass is 35.5. The molecular weight excluding hydrogens is 638 g/mol. The van der Waals surface area contributed by atoms with Gasteiger partial charge in [-0.1, -0.05) is 0 Å². The topological polar surface area (TPSA) is 150 Å². The first-order chi connectivity index (χ1) is 21.9. The number of aromatic amines is 1. The van der Waals surface area contributed by atoms with E-state index in [1.807, 2.05) is 12.1 Å². The maximum Gasteiger partial charge on any atom is 0.264 e. The van der Waals surface area contributed by atoms with Crippen LogP contribution in [0.15, 0.2) is 66.1 Å². The smallest absolute Gasteiger partial charge is 0.264 e. The number of thiocarbonyl (C=S) groups is 1. The molecule has 0 spiro atoms. The van der Waals surface area contributed by atoms with Crippen LogP contribution in [0.1, 0.15) is 6.42 Å². The third-order valence-electron chi connectivity index (χ3n) is 7.26. The van der Waals surface area contributed by atoms with Gasteiger partial charge in [0.1, 0.15) is 17.8 Å². The van der Waals surface area contributed by atoms with E-state index in [-0.39, 0.29) is 10.8 Å². The molecule has 6 rings (SSSR count). The molecule has 1 saturated heterocycles. The molecule has 0 amide bonds. The number of aromatic nitrogens is 5. The second-order valence-corrected chi connectivity index (χ2v) is 12.5. The number of H-pyrrole nitrogens is 1. The van der Waals surface area contributed by atoms with Crippen LogP contribution in [0.25, 0.3) is 21.9 Å². The molecule has 4 heterocycles. The van der Waals surface area contributed by atoms with Crippen molar-refractivity contribution >= 4 is 78.3 Å². The van der Waals surface area contributed by atoms with Crippen LogP contribution in [-0.4, -0.2) is 89.1 Å². The van der Waals surface area contributed by atoms with E-state index >= 15 is 0 Å². The van der Waals surface area contributed by atoms with Gasteiger partial charge in [0.15, 0.2) is 16.6 Å². The molecule has 0 unspecified atom stereocenters. The zero-order valence-electron chi connectivity index (χ0n) is 24.2. The predicted octanol–water partition coefficient (Wildman–Crippen LogP) is 4.24. The summed E-state index contributed by atoms with van der Waals surface area (Å²) in [6.07, 6.45) is 5.21. The van der Waals surface area contributed by atoms with Crippen LogP contribution in [0.5, 0.6) is 11.5 Å². The summed E-state index contributed by atoms with van der Waals surface area (Å²) in [6, 6.07) is 11.8. The molecule has 0 saturated carbocycles. The van der Waals surface area contributed by atoms with Gasteiger partial charge < -0.3 is 29.6 Å². The molecule has 2 aromatic carbocycles. The SMILES string of the molecule is COc1cc2[nH]c3ncnc(N4CCN(C(=S)Nc5ccc(S(=O)(=O)Nc6ncccn6)cc5)CC4)c3c2cc1OCCCCl. The average molecular weight is 668 g/mol. The summed E-state index contributed by atoms with van der Waals surface area (Å²) >= 11 is 11.5. The largest absolute Gasteiger partial charge is 0.493 e. The number of benzene rings is 2. The Labute approximate surface area is 270 Å². The summed E-state index contributed by atoms with van der Waals surface area (Å²) in [5, 5.41) is 5.62. The molecule has 0 radical (unpaired) electrons. The van der Waals surface area contributed by atoms with Crippen LogP contribution in [0.4, 0.5) is 17.5 Å². The molecule has 5 aromatic rings. The van der Waals surface area contributed by atoms with Gasteiger partial charge in [0.25, 0.3) is 10.0 Å². The Morgan fingerprint density at radius 2 is 1.80 bits per heavy atom. The molecule has 234 valence electrons. The van der Waals surface area contributed by atoms with E-state index in [0.29, 0.717) is 61.0 Å². The van der Waals surface area contributed by atoms with Gasteiger partial charge in [0.2, 0.25) is 5.95 Å². The van der Waals surface area contributed by atoms with E-state index in [1.165, 1.54) is 24.5 Å². The van der Waals surface area contributed by atoms with Crippen molar-refractivity contribution in [1.82, 2.24) is 29.8 Å². The number of rotatable bonds is 10. The van der Waals surface area contributed by atoms with Crippen molar-refractivity contribution in [2.45, 2.75) is 11.3 Å². The van der Waals surface area contributed by atoms with Gasteiger partial charge in [-0.25, -0.2) is 33.1 Å². The molecule has 0 atom stereocenters. The van der Waals surface area contributed by atoms with Crippen LogP contribution < -0.4 is 24.4 Å². The van der Waals surface area contributed by atoms with E-state index in [1.54, 1.807) is 31.6 Å². The van der Waals surface area contributed by atoms with Gasteiger partial charge in [-0.2, -0.15) is 0 Å². The summed E-state index contributed by atoms with van der Waals surface area (Å²) in [6.45, 7) is 3.17. The van der Waals surface area contributed by atoms with E-state index in [2.05, 4.69) is 44.8 Å². The average Bonchev–Trinajstić information content (AvgIpc) is 3.42. The third kappa shape index (κ3) is 6.65. The molecule has 45 heavy (non-hydrogen) atoms. The maximum absolute atomic E-state index is 12.7. The summed E-state index contributed by atoms with van der Waals surface area (Å²) in [5.41, 5.74) is 2.28. The number of sulfonamides is 1. The van der Waals surface area contributed by atoms with Crippen molar-refractivity contribution in [3.63, 3.8) is 0 Å². The lowest BCUT2D eigenvalue weighted by Gasteiger charge is -2.37. The fourth-order valence-corrected chi connectivity index (χ4v) is 6.41. The molecule has 1 aliphatic heterocycles. The van der Waals surface area contributed by atoms with E-state index in [0.717, 1.165) is 34.2 Å². The van der Waals surface area contributed by atoms with Crippen molar-refractivity contribution < 1.29 is 17.9 Å². The molecule has 13 nitrogen and oxygen atoms in total. The van der Waals surface area contributed by atoms with Crippen molar-refractivity contribution in [3.05, 3.63) is 61.2 Å². The highest BCUT2D eigenvalue weighted by Gasteiger charge is 2.24. The number of alkyl halides is 1. The minimum atomic E-state index is -3.83. The minimum Gasteiger partial charge on any atom is -0.493 e. The fourth-order valence-electron chi connectivity index (χ4n) is 5.04. The zero-order chi connectivity index (χ0) is 31.4. The van der Waals surface area contributed by atoms with Crippen molar-refractivity contribution in [2.24, 2.45) is 0 Å². The summed E-state index contributed by atoms with van der Waals surface area (Å²) in [7, 11) is -2.22. The molecule has 1 aliphatic rings. The number of piperazine rings is 1. The number of nitrogens with zero attached hydrogens (tertiary/aromatic N) is 6. The first-order valence-corrected chi connectivity index (χ1v) is 16.5. The Hall–Kier alpha value is -4.47. The molecule has 0 bridgehead atoms. The number of methoxy groups -OCH3 is 1. The van der Waals surface area contributed by atoms with Crippen LogP contribution in [0.3, 0.4) is 0 Å². The first kappa shape index (κ1) is 30.6. The summed E-state index contributed by atoms with van der Waals surface area (Å²) in [5.74, 6) is 2.61. The van der Waals surface area contributed by atoms with Crippen molar-refractivity contribution in [3.8, 4) is 11.5 Å². The Kier molecular flexibility index (Phi) is 9.00. The van der Waals surface area contributed by atoms with E-state index in [9.17, 15) is 8.42 Å². The third-order valence-corrected chi connectivity index (χ3v) is 9.23. The number of hydrogen-bond acceptors (Lipinski definition) is 10. The summed E-state index contributed by atoms with van der Waals surface area (Å²) in [4.78, 5) is 24.7. The first-order valence-electron chi connectivity index (χ1n) is 14.1. The Morgan fingerprint density at radius 1 is 1.04 bits per heavy atom. The lowest BCUT2D eigenvalue weighted by molar-refractivity contribution is 0.295. The van der Waals surface area contributed by atoms with E-state index < -0.39 is 10.0 Å². The number of hydrogen-bond donors (Lipinski definition) is 3. The van der Waals surface area contributed by atoms with Crippen molar-refractivity contribution in [1.29, 1.82) is 0 Å². The normalized spacial score (nSPS) is 13.6. The predicted molar refractivity (Wildman–Crippen MR) is 178 cm³/mol. The highest BCUT2D eigenvalue weighted by molar-refractivity contribution is 7.92. The standard InChI is InChI=1S/C29H30ClN9O4S2/c1-42-23-17-22-21(16-24(23)43-15-2-8-30)25-26(36-22)33-18-34-27(25)38-11-13-39(14-12-38)29(44)35-19-4-6-20(7-5-19)45(40,41)37-28-31-9-3-10-32-28/h3-7,9-10,16-18H,2,8,11-15H2,1H3,(H,35,44)(H,31,32,37)(H,33,34,36).